The maximum absolute atomic E-state index is 12.4. The van der Waals surface area contributed by atoms with Crippen LogP contribution < -0.4 is 15.8 Å². The number of carbonyl (C=O) groups is 1. The molecule has 1 aromatic heterocycles. The van der Waals surface area contributed by atoms with Crippen molar-refractivity contribution < 1.29 is 27.4 Å². The van der Waals surface area contributed by atoms with Gasteiger partial charge in [0.1, 0.15) is 11.6 Å². The van der Waals surface area contributed by atoms with E-state index in [1.54, 1.807) is 12.1 Å². The Labute approximate surface area is 177 Å². The van der Waals surface area contributed by atoms with Crippen molar-refractivity contribution in [2.45, 2.75) is 26.4 Å². The SMILES string of the molecule is CCOCCn1c(CNCC(N)=O)nc2ccc(-c3ccc(OC(F)(F)F)cc3)cc21. The Kier molecular flexibility index (Phi) is 7.13. The van der Waals surface area contributed by atoms with Crippen LogP contribution in [0.5, 0.6) is 5.75 Å². The zero-order chi connectivity index (χ0) is 22.4. The molecular weight excluding hydrogens is 413 g/mol. The summed E-state index contributed by atoms with van der Waals surface area (Å²) in [6.07, 6.45) is -4.73. The maximum Gasteiger partial charge on any atom is 0.573 e. The van der Waals surface area contributed by atoms with Crippen LogP contribution in [-0.4, -0.2) is 41.6 Å². The van der Waals surface area contributed by atoms with Crippen LogP contribution in [0.15, 0.2) is 42.5 Å². The lowest BCUT2D eigenvalue weighted by Crippen LogP contribution is -2.29. The van der Waals surface area contributed by atoms with Gasteiger partial charge in [0, 0.05) is 13.2 Å². The van der Waals surface area contributed by atoms with E-state index in [2.05, 4.69) is 15.0 Å². The Morgan fingerprint density at radius 1 is 1.16 bits per heavy atom. The molecule has 3 aromatic rings. The van der Waals surface area contributed by atoms with Gasteiger partial charge in [0.05, 0.1) is 30.7 Å². The van der Waals surface area contributed by atoms with E-state index in [1.807, 2.05) is 29.7 Å². The van der Waals surface area contributed by atoms with Crippen LogP contribution in [-0.2, 0) is 22.6 Å². The van der Waals surface area contributed by atoms with Gasteiger partial charge in [-0.05, 0) is 42.3 Å². The average molecular weight is 436 g/mol. The Hall–Kier alpha value is -3.11. The second-order valence-corrected chi connectivity index (χ2v) is 6.72. The van der Waals surface area contributed by atoms with Crippen LogP contribution >= 0.6 is 0 Å². The van der Waals surface area contributed by atoms with E-state index in [1.165, 1.54) is 12.1 Å². The van der Waals surface area contributed by atoms with Crippen molar-refractivity contribution in [1.29, 1.82) is 0 Å². The van der Waals surface area contributed by atoms with Crippen LogP contribution in [0.3, 0.4) is 0 Å². The first-order chi connectivity index (χ1) is 14.8. The lowest BCUT2D eigenvalue weighted by Gasteiger charge is -2.11. The fourth-order valence-corrected chi connectivity index (χ4v) is 3.18. The largest absolute Gasteiger partial charge is 0.573 e. The van der Waals surface area contributed by atoms with Crippen molar-refractivity contribution in [3.05, 3.63) is 48.3 Å². The minimum atomic E-state index is -4.73. The summed E-state index contributed by atoms with van der Waals surface area (Å²) in [6, 6.07) is 11.3. The van der Waals surface area contributed by atoms with Gasteiger partial charge in [-0.25, -0.2) is 4.98 Å². The highest BCUT2D eigenvalue weighted by molar-refractivity contribution is 5.83. The molecule has 0 fully saturated rings. The Balaban J connectivity index is 1.90. The molecule has 0 saturated heterocycles. The number of rotatable bonds is 10. The topological polar surface area (TPSA) is 91.4 Å². The molecule has 2 aromatic carbocycles. The number of amides is 1. The average Bonchev–Trinajstić information content (AvgIpc) is 3.04. The molecule has 3 N–H and O–H groups in total. The van der Waals surface area contributed by atoms with Gasteiger partial charge < -0.3 is 25.1 Å². The predicted octanol–water partition coefficient (Wildman–Crippen LogP) is 3.21. The van der Waals surface area contributed by atoms with Crippen LogP contribution in [0.25, 0.3) is 22.2 Å². The number of carbonyl (C=O) groups excluding carboxylic acids is 1. The van der Waals surface area contributed by atoms with Gasteiger partial charge >= 0.3 is 6.36 Å². The number of benzene rings is 2. The number of primary amides is 1. The highest BCUT2D eigenvalue weighted by atomic mass is 19.4. The highest BCUT2D eigenvalue weighted by Crippen LogP contribution is 2.29. The molecule has 1 heterocycles. The molecule has 0 aliphatic heterocycles. The van der Waals surface area contributed by atoms with Crippen molar-refractivity contribution in [1.82, 2.24) is 14.9 Å². The zero-order valence-corrected chi connectivity index (χ0v) is 16.9. The number of fused-ring (bicyclic) bond motifs is 1. The molecule has 31 heavy (non-hydrogen) atoms. The number of nitrogens with zero attached hydrogens (tertiary/aromatic N) is 2. The van der Waals surface area contributed by atoms with E-state index in [4.69, 9.17) is 10.5 Å². The second-order valence-electron chi connectivity index (χ2n) is 6.72. The predicted molar refractivity (Wildman–Crippen MR) is 109 cm³/mol. The van der Waals surface area contributed by atoms with E-state index in [0.717, 1.165) is 28.0 Å². The first-order valence-corrected chi connectivity index (χ1v) is 9.69. The molecule has 0 spiro atoms. The lowest BCUT2D eigenvalue weighted by molar-refractivity contribution is -0.274. The lowest BCUT2D eigenvalue weighted by atomic mass is 10.0. The Morgan fingerprint density at radius 3 is 2.52 bits per heavy atom. The van der Waals surface area contributed by atoms with Crippen molar-refractivity contribution in [3.8, 4) is 16.9 Å². The quantitative estimate of drug-likeness (QED) is 0.476. The number of hydrogen-bond donors (Lipinski definition) is 2. The van der Waals surface area contributed by atoms with E-state index >= 15 is 0 Å². The summed E-state index contributed by atoms with van der Waals surface area (Å²) in [6.45, 7) is 3.91. The maximum atomic E-state index is 12.4. The summed E-state index contributed by atoms with van der Waals surface area (Å²) in [4.78, 5) is 15.6. The van der Waals surface area contributed by atoms with Crippen molar-refractivity contribution >= 4 is 16.9 Å². The molecule has 166 valence electrons. The summed E-state index contributed by atoms with van der Waals surface area (Å²) in [5, 5.41) is 2.96. The molecule has 10 heteroatoms. The number of hydrogen-bond acceptors (Lipinski definition) is 5. The monoisotopic (exact) mass is 436 g/mol. The fourth-order valence-electron chi connectivity index (χ4n) is 3.18. The number of imidazole rings is 1. The third-order valence-electron chi connectivity index (χ3n) is 4.49. The van der Waals surface area contributed by atoms with Gasteiger partial charge in [0.2, 0.25) is 5.91 Å². The number of aromatic nitrogens is 2. The van der Waals surface area contributed by atoms with Gasteiger partial charge in [-0.3, -0.25) is 4.79 Å². The molecule has 7 nitrogen and oxygen atoms in total. The number of alkyl halides is 3. The molecule has 3 rings (SSSR count). The third-order valence-corrected chi connectivity index (χ3v) is 4.49. The van der Waals surface area contributed by atoms with E-state index in [9.17, 15) is 18.0 Å². The third kappa shape index (κ3) is 6.19. The smallest absolute Gasteiger partial charge is 0.406 e. The minimum Gasteiger partial charge on any atom is -0.406 e. The zero-order valence-electron chi connectivity index (χ0n) is 16.9. The van der Waals surface area contributed by atoms with E-state index in [0.29, 0.717) is 26.3 Å². The van der Waals surface area contributed by atoms with Crippen LogP contribution in [0.4, 0.5) is 13.2 Å². The van der Waals surface area contributed by atoms with Gasteiger partial charge in [0.25, 0.3) is 0 Å². The summed E-state index contributed by atoms with van der Waals surface area (Å²) < 4.78 is 48.5. The Bertz CT molecular complexity index is 1030. The molecular formula is C21H23F3N4O3. The summed E-state index contributed by atoms with van der Waals surface area (Å²) in [5.41, 5.74) is 8.34. The highest BCUT2D eigenvalue weighted by Gasteiger charge is 2.31. The normalized spacial score (nSPS) is 11.7. The molecule has 0 atom stereocenters. The first kappa shape index (κ1) is 22.6. The summed E-state index contributed by atoms with van der Waals surface area (Å²) in [7, 11) is 0. The molecule has 0 aliphatic carbocycles. The van der Waals surface area contributed by atoms with Crippen LogP contribution in [0.1, 0.15) is 12.7 Å². The number of nitrogens with one attached hydrogen (secondary N) is 1. The van der Waals surface area contributed by atoms with Gasteiger partial charge in [0.15, 0.2) is 0 Å². The van der Waals surface area contributed by atoms with Crippen molar-refractivity contribution in [2.24, 2.45) is 5.73 Å². The molecule has 0 saturated carbocycles. The number of ether oxygens (including phenoxy) is 2. The van der Waals surface area contributed by atoms with Crippen LogP contribution in [0.2, 0.25) is 0 Å². The molecule has 0 bridgehead atoms. The van der Waals surface area contributed by atoms with Crippen LogP contribution in [0, 0.1) is 0 Å². The van der Waals surface area contributed by atoms with E-state index in [-0.39, 0.29) is 12.3 Å². The summed E-state index contributed by atoms with van der Waals surface area (Å²) in [5.74, 6) is -0.0128. The molecule has 0 aliphatic rings. The fraction of sp³-hybridized carbons (Fsp3) is 0.333. The van der Waals surface area contributed by atoms with Crippen molar-refractivity contribution in [3.63, 3.8) is 0 Å². The van der Waals surface area contributed by atoms with Gasteiger partial charge in [-0.1, -0.05) is 18.2 Å². The van der Waals surface area contributed by atoms with Gasteiger partial charge in [-0.2, -0.15) is 0 Å². The Morgan fingerprint density at radius 2 is 1.87 bits per heavy atom. The first-order valence-electron chi connectivity index (χ1n) is 9.69. The van der Waals surface area contributed by atoms with Crippen molar-refractivity contribution in [2.75, 3.05) is 19.8 Å². The number of halogens is 3. The second kappa shape index (κ2) is 9.80. The van der Waals surface area contributed by atoms with E-state index < -0.39 is 12.3 Å². The molecule has 0 unspecified atom stereocenters. The molecule has 1 amide bonds. The van der Waals surface area contributed by atoms with Gasteiger partial charge in [-0.15, -0.1) is 13.2 Å². The molecule has 0 radical (unpaired) electrons. The summed E-state index contributed by atoms with van der Waals surface area (Å²) >= 11 is 0. The number of nitrogens with two attached hydrogens (primary N) is 1. The standard InChI is InChI=1S/C21H23F3N4O3/c1-2-30-10-9-28-18-11-15(14-3-6-16(7-4-14)31-21(22,23)24)5-8-17(18)27-20(28)13-26-12-19(25)29/h3-8,11,26H,2,9-10,12-13H2,1H3,(H2,25,29). The minimum absolute atomic E-state index is 0.0340.